The standard InChI is InChI=1S/C17H18N2O5/c1-22-13-8-4-3-7-12(13)17(21)19-18-16(20)11-24-15-10-6-5-9-14(15)23-2/h3-10H,11H2,1-2H3,(H,18,20)(H,19,21). The van der Waals surface area contributed by atoms with E-state index in [0.29, 0.717) is 22.8 Å². The maximum absolute atomic E-state index is 12.0. The molecule has 2 aromatic rings. The van der Waals surface area contributed by atoms with Gasteiger partial charge in [0.05, 0.1) is 19.8 Å². The Bertz CT molecular complexity index is 718. The first-order valence-electron chi connectivity index (χ1n) is 7.13. The molecule has 2 N–H and O–H groups in total. The molecule has 0 saturated carbocycles. The number of rotatable bonds is 6. The van der Waals surface area contributed by atoms with Crippen LogP contribution >= 0.6 is 0 Å². The number of hydrogen-bond acceptors (Lipinski definition) is 5. The van der Waals surface area contributed by atoms with Crippen LogP contribution in [0.2, 0.25) is 0 Å². The average molecular weight is 330 g/mol. The molecule has 0 bridgehead atoms. The van der Waals surface area contributed by atoms with Crippen molar-refractivity contribution in [2.75, 3.05) is 20.8 Å². The first kappa shape index (κ1) is 17.1. The third-order valence-electron chi connectivity index (χ3n) is 3.09. The summed E-state index contributed by atoms with van der Waals surface area (Å²) >= 11 is 0. The van der Waals surface area contributed by atoms with E-state index in [2.05, 4.69) is 10.9 Å². The molecule has 126 valence electrons. The van der Waals surface area contributed by atoms with E-state index in [1.807, 2.05) is 0 Å². The van der Waals surface area contributed by atoms with Crippen LogP contribution in [0.4, 0.5) is 0 Å². The Balaban J connectivity index is 1.86. The van der Waals surface area contributed by atoms with E-state index < -0.39 is 11.8 Å². The van der Waals surface area contributed by atoms with E-state index in [-0.39, 0.29) is 6.61 Å². The molecular weight excluding hydrogens is 312 g/mol. The van der Waals surface area contributed by atoms with Crippen LogP contribution in [-0.2, 0) is 4.79 Å². The predicted molar refractivity (Wildman–Crippen MR) is 87.1 cm³/mol. The van der Waals surface area contributed by atoms with Crippen molar-refractivity contribution in [1.82, 2.24) is 10.9 Å². The number of amides is 2. The SMILES string of the molecule is COc1ccccc1OCC(=O)NNC(=O)c1ccccc1OC. The number of para-hydroxylation sites is 3. The minimum atomic E-state index is -0.510. The zero-order chi connectivity index (χ0) is 17.4. The number of benzene rings is 2. The summed E-state index contributed by atoms with van der Waals surface area (Å²) < 4.78 is 15.6. The predicted octanol–water partition coefficient (Wildman–Crippen LogP) is 1.54. The van der Waals surface area contributed by atoms with Gasteiger partial charge in [-0.15, -0.1) is 0 Å². The Hall–Kier alpha value is -3.22. The summed E-state index contributed by atoms with van der Waals surface area (Å²) in [6, 6.07) is 13.6. The monoisotopic (exact) mass is 330 g/mol. The molecule has 2 rings (SSSR count). The number of carbonyl (C=O) groups is 2. The summed E-state index contributed by atoms with van der Waals surface area (Å²) in [6.45, 7) is -0.271. The first-order chi connectivity index (χ1) is 11.7. The van der Waals surface area contributed by atoms with E-state index in [0.717, 1.165) is 0 Å². The van der Waals surface area contributed by atoms with Crippen LogP contribution in [0.5, 0.6) is 17.2 Å². The van der Waals surface area contributed by atoms with Gasteiger partial charge in [0, 0.05) is 0 Å². The quantitative estimate of drug-likeness (QED) is 0.785. The summed E-state index contributed by atoms with van der Waals surface area (Å²) in [6.07, 6.45) is 0. The Labute approximate surface area is 139 Å². The van der Waals surface area contributed by atoms with Gasteiger partial charge in [0.25, 0.3) is 11.8 Å². The number of carbonyl (C=O) groups excluding carboxylic acids is 2. The number of ether oxygens (including phenoxy) is 3. The lowest BCUT2D eigenvalue weighted by Gasteiger charge is -2.12. The summed E-state index contributed by atoms with van der Waals surface area (Å²) in [7, 11) is 2.97. The first-order valence-corrected chi connectivity index (χ1v) is 7.13. The van der Waals surface area contributed by atoms with Crippen molar-refractivity contribution in [3.8, 4) is 17.2 Å². The van der Waals surface area contributed by atoms with Gasteiger partial charge in [-0.05, 0) is 24.3 Å². The molecule has 0 saturated heterocycles. The van der Waals surface area contributed by atoms with E-state index in [9.17, 15) is 9.59 Å². The fourth-order valence-corrected chi connectivity index (χ4v) is 1.94. The number of nitrogens with one attached hydrogen (secondary N) is 2. The summed E-state index contributed by atoms with van der Waals surface area (Å²) in [4.78, 5) is 23.8. The van der Waals surface area contributed by atoms with E-state index in [1.165, 1.54) is 14.2 Å². The van der Waals surface area contributed by atoms with Gasteiger partial charge >= 0.3 is 0 Å². The van der Waals surface area contributed by atoms with Crippen LogP contribution in [0.3, 0.4) is 0 Å². The Morgan fingerprint density at radius 2 is 1.42 bits per heavy atom. The topological polar surface area (TPSA) is 85.9 Å². The van der Waals surface area contributed by atoms with Crippen molar-refractivity contribution in [2.24, 2.45) is 0 Å². The lowest BCUT2D eigenvalue weighted by Crippen LogP contribution is -2.43. The van der Waals surface area contributed by atoms with Gasteiger partial charge in [-0.1, -0.05) is 24.3 Å². The molecule has 24 heavy (non-hydrogen) atoms. The van der Waals surface area contributed by atoms with Gasteiger partial charge in [0.1, 0.15) is 5.75 Å². The van der Waals surface area contributed by atoms with Crippen LogP contribution in [0, 0.1) is 0 Å². The summed E-state index contributed by atoms with van der Waals surface area (Å²) in [5.74, 6) is 0.367. The molecule has 2 amide bonds. The summed E-state index contributed by atoms with van der Waals surface area (Å²) in [5.41, 5.74) is 4.90. The molecule has 0 fully saturated rings. The Morgan fingerprint density at radius 3 is 2.08 bits per heavy atom. The third kappa shape index (κ3) is 4.39. The van der Waals surface area contributed by atoms with E-state index >= 15 is 0 Å². The Morgan fingerprint density at radius 1 is 0.833 bits per heavy atom. The maximum Gasteiger partial charge on any atom is 0.276 e. The number of hydrogen-bond donors (Lipinski definition) is 2. The van der Waals surface area contributed by atoms with Crippen LogP contribution in [0.1, 0.15) is 10.4 Å². The zero-order valence-corrected chi connectivity index (χ0v) is 13.4. The fourth-order valence-electron chi connectivity index (χ4n) is 1.94. The second-order valence-corrected chi connectivity index (χ2v) is 4.64. The molecule has 0 atom stereocenters. The highest BCUT2D eigenvalue weighted by atomic mass is 16.5. The van der Waals surface area contributed by atoms with E-state index in [4.69, 9.17) is 14.2 Å². The highest BCUT2D eigenvalue weighted by Gasteiger charge is 2.12. The van der Waals surface area contributed by atoms with Gasteiger partial charge < -0.3 is 14.2 Å². The molecule has 0 spiro atoms. The van der Waals surface area contributed by atoms with Crippen molar-refractivity contribution in [2.45, 2.75) is 0 Å². The number of hydrazine groups is 1. The molecule has 2 aromatic carbocycles. The highest BCUT2D eigenvalue weighted by Crippen LogP contribution is 2.25. The smallest absolute Gasteiger partial charge is 0.276 e. The van der Waals surface area contributed by atoms with Crippen molar-refractivity contribution in [3.63, 3.8) is 0 Å². The normalized spacial score (nSPS) is 9.75. The molecule has 0 heterocycles. The summed E-state index contributed by atoms with van der Waals surface area (Å²) in [5, 5.41) is 0. The number of methoxy groups -OCH3 is 2. The minimum Gasteiger partial charge on any atom is -0.496 e. The molecule has 0 radical (unpaired) electrons. The van der Waals surface area contributed by atoms with Crippen molar-refractivity contribution in [3.05, 3.63) is 54.1 Å². The van der Waals surface area contributed by atoms with Crippen molar-refractivity contribution in [1.29, 1.82) is 0 Å². The van der Waals surface area contributed by atoms with Gasteiger partial charge in [-0.3, -0.25) is 20.4 Å². The van der Waals surface area contributed by atoms with E-state index in [1.54, 1.807) is 48.5 Å². The van der Waals surface area contributed by atoms with Gasteiger partial charge in [-0.25, -0.2) is 0 Å². The fraction of sp³-hybridized carbons (Fsp3) is 0.176. The third-order valence-corrected chi connectivity index (χ3v) is 3.09. The molecular formula is C17H18N2O5. The Kier molecular flexibility index (Phi) is 6.01. The highest BCUT2D eigenvalue weighted by molar-refractivity contribution is 5.97. The van der Waals surface area contributed by atoms with Gasteiger partial charge in [-0.2, -0.15) is 0 Å². The van der Waals surface area contributed by atoms with Crippen LogP contribution in [0.15, 0.2) is 48.5 Å². The maximum atomic E-state index is 12.0. The largest absolute Gasteiger partial charge is 0.496 e. The lowest BCUT2D eigenvalue weighted by atomic mass is 10.2. The molecule has 0 aliphatic rings. The second kappa shape index (κ2) is 8.42. The molecule has 0 aliphatic carbocycles. The van der Waals surface area contributed by atoms with Gasteiger partial charge in [0.2, 0.25) is 0 Å². The van der Waals surface area contributed by atoms with Crippen LogP contribution < -0.4 is 25.1 Å². The lowest BCUT2D eigenvalue weighted by molar-refractivity contribution is -0.123. The molecule has 0 aliphatic heterocycles. The second-order valence-electron chi connectivity index (χ2n) is 4.64. The van der Waals surface area contributed by atoms with Crippen molar-refractivity contribution < 1.29 is 23.8 Å². The molecule has 7 heteroatoms. The van der Waals surface area contributed by atoms with Crippen molar-refractivity contribution >= 4 is 11.8 Å². The molecule has 7 nitrogen and oxygen atoms in total. The molecule has 0 aromatic heterocycles. The van der Waals surface area contributed by atoms with Gasteiger partial charge in [0.15, 0.2) is 18.1 Å². The average Bonchev–Trinajstić information content (AvgIpc) is 2.64. The van der Waals surface area contributed by atoms with Crippen LogP contribution in [-0.4, -0.2) is 32.6 Å². The molecule has 0 unspecified atom stereocenters. The van der Waals surface area contributed by atoms with Crippen LogP contribution in [0.25, 0.3) is 0 Å². The minimum absolute atomic E-state index is 0.271. The zero-order valence-electron chi connectivity index (χ0n) is 13.4.